The van der Waals surface area contributed by atoms with Crippen molar-refractivity contribution >= 4 is 28.4 Å². The van der Waals surface area contributed by atoms with Crippen LogP contribution in [0.3, 0.4) is 0 Å². The number of halogens is 1. The molecule has 22 heavy (non-hydrogen) atoms. The first-order valence-electron chi connectivity index (χ1n) is 7.02. The maximum absolute atomic E-state index is 12.3. The SMILES string of the molecule is N#C[C@H](NC(=O)c1ccc2ccc(Cl)cc2n1)[C@H]1CCOC1. The molecule has 1 aromatic carbocycles. The van der Waals surface area contributed by atoms with Crippen LogP contribution in [0, 0.1) is 17.2 Å². The number of fused-ring (bicyclic) bond motifs is 1. The van der Waals surface area contributed by atoms with Gasteiger partial charge in [-0.25, -0.2) is 4.98 Å². The molecule has 3 rings (SSSR count). The van der Waals surface area contributed by atoms with Gasteiger partial charge in [-0.05, 0) is 24.6 Å². The van der Waals surface area contributed by atoms with Gasteiger partial charge in [0.1, 0.15) is 11.7 Å². The number of carbonyl (C=O) groups is 1. The second-order valence-corrected chi connectivity index (χ2v) is 5.67. The maximum Gasteiger partial charge on any atom is 0.270 e. The Morgan fingerprint density at radius 2 is 2.27 bits per heavy atom. The van der Waals surface area contributed by atoms with E-state index in [1.807, 2.05) is 12.1 Å². The minimum absolute atomic E-state index is 0.0313. The van der Waals surface area contributed by atoms with Crippen LogP contribution < -0.4 is 5.32 Å². The number of ether oxygens (including phenoxy) is 1. The lowest BCUT2D eigenvalue weighted by Crippen LogP contribution is -2.39. The molecule has 5 nitrogen and oxygen atoms in total. The molecule has 112 valence electrons. The van der Waals surface area contributed by atoms with Crippen molar-refractivity contribution in [3.8, 4) is 6.07 Å². The van der Waals surface area contributed by atoms with E-state index in [0.29, 0.717) is 23.8 Å². The molecule has 1 aliphatic rings. The van der Waals surface area contributed by atoms with E-state index in [1.165, 1.54) is 0 Å². The van der Waals surface area contributed by atoms with Gasteiger partial charge < -0.3 is 10.1 Å². The van der Waals surface area contributed by atoms with Crippen LogP contribution in [0.15, 0.2) is 30.3 Å². The van der Waals surface area contributed by atoms with Gasteiger partial charge in [0.15, 0.2) is 0 Å². The Labute approximate surface area is 132 Å². The average Bonchev–Trinajstić information content (AvgIpc) is 3.05. The molecule has 6 heteroatoms. The summed E-state index contributed by atoms with van der Waals surface area (Å²) in [7, 11) is 0. The summed E-state index contributed by atoms with van der Waals surface area (Å²) in [5.74, 6) is -0.329. The van der Waals surface area contributed by atoms with Crippen molar-refractivity contribution in [3.63, 3.8) is 0 Å². The van der Waals surface area contributed by atoms with Crippen molar-refractivity contribution in [2.24, 2.45) is 5.92 Å². The third-order valence-corrected chi connectivity index (χ3v) is 3.98. The van der Waals surface area contributed by atoms with Crippen LogP contribution in [-0.2, 0) is 4.74 Å². The van der Waals surface area contributed by atoms with E-state index in [0.717, 1.165) is 11.8 Å². The fraction of sp³-hybridized carbons (Fsp3) is 0.312. The lowest BCUT2D eigenvalue weighted by molar-refractivity contribution is 0.0926. The lowest BCUT2D eigenvalue weighted by atomic mass is 10.00. The molecule has 1 aromatic heterocycles. The highest BCUT2D eigenvalue weighted by molar-refractivity contribution is 6.31. The van der Waals surface area contributed by atoms with Crippen LogP contribution in [0.1, 0.15) is 16.9 Å². The van der Waals surface area contributed by atoms with Crippen LogP contribution in [0.4, 0.5) is 0 Å². The van der Waals surface area contributed by atoms with Gasteiger partial charge in [0.2, 0.25) is 0 Å². The Hall–Kier alpha value is -2.16. The molecule has 2 aromatic rings. The number of carbonyl (C=O) groups excluding carboxylic acids is 1. The van der Waals surface area contributed by atoms with Crippen LogP contribution in [-0.4, -0.2) is 30.1 Å². The summed E-state index contributed by atoms with van der Waals surface area (Å²) in [5.41, 5.74) is 0.923. The minimum atomic E-state index is -0.563. The van der Waals surface area contributed by atoms with Gasteiger partial charge in [-0.3, -0.25) is 4.79 Å². The first-order chi connectivity index (χ1) is 10.7. The molecular formula is C16H14ClN3O2. The largest absolute Gasteiger partial charge is 0.381 e. The molecule has 2 atom stereocenters. The Morgan fingerprint density at radius 1 is 1.45 bits per heavy atom. The summed E-state index contributed by atoms with van der Waals surface area (Å²) in [5, 5.41) is 13.4. The summed E-state index contributed by atoms with van der Waals surface area (Å²) >= 11 is 5.95. The monoisotopic (exact) mass is 315 g/mol. The quantitative estimate of drug-likeness (QED) is 0.944. The van der Waals surface area contributed by atoms with E-state index in [1.54, 1.807) is 18.2 Å². The zero-order valence-electron chi connectivity index (χ0n) is 11.8. The van der Waals surface area contributed by atoms with E-state index in [-0.39, 0.29) is 17.5 Å². The van der Waals surface area contributed by atoms with Gasteiger partial charge in [-0.1, -0.05) is 23.7 Å². The molecule has 0 unspecified atom stereocenters. The third-order valence-electron chi connectivity index (χ3n) is 3.75. The lowest BCUT2D eigenvalue weighted by Gasteiger charge is -2.16. The number of aromatic nitrogens is 1. The number of hydrogen-bond donors (Lipinski definition) is 1. The highest BCUT2D eigenvalue weighted by Gasteiger charge is 2.27. The average molecular weight is 316 g/mol. The molecule has 0 bridgehead atoms. The molecular weight excluding hydrogens is 302 g/mol. The standard InChI is InChI=1S/C16H14ClN3O2/c17-12-3-1-10-2-4-13(19-14(10)7-12)16(21)20-15(8-18)11-5-6-22-9-11/h1-4,7,11,15H,5-6,9H2,(H,20,21)/t11-,15-/m0/s1. The fourth-order valence-corrected chi connectivity index (χ4v) is 2.67. The number of nitrogens with one attached hydrogen (secondary N) is 1. The van der Waals surface area contributed by atoms with Gasteiger partial charge >= 0.3 is 0 Å². The van der Waals surface area contributed by atoms with Crippen molar-refractivity contribution in [2.75, 3.05) is 13.2 Å². The van der Waals surface area contributed by atoms with Crippen LogP contribution in [0.5, 0.6) is 0 Å². The van der Waals surface area contributed by atoms with Crippen molar-refractivity contribution in [1.29, 1.82) is 5.26 Å². The predicted octanol–water partition coefficient (Wildman–Crippen LogP) is 2.55. The minimum Gasteiger partial charge on any atom is -0.381 e. The fourth-order valence-electron chi connectivity index (χ4n) is 2.50. The summed E-state index contributed by atoms with van der Waals surface area (Å²) in [6.07, 6.45) is 0.777. The summed E-state index contributed by atoms with van der Waals surface area (Å²) in [4.78, 5) is 16.6. The van der Waals surface area contributed by atoms with Gasteiger partial charge in [0, 0.05) is 22.9 Å². The first-order valence-corrected chi connectivity index (χ1v) is 7.40. The van der Waals surface area contributed by atoms with Crippen molar-refractivity contribution < 1.29 is 9.53 Å². The number of pyridine rings is 1. The van der Waals surface area contributed by atoms with E-state index in [2.05, 4.69) is 16.4 Å². The molecule has 0 aliphatic carbocycles. The molecule has 1 aliphatic heterocycles. The number of benzene rings is 1. The Morgan fingerprint density at radius 3 is 3.00 bits per heavy atom. The third kappa shape index (κ3) is 3.03. The van der Waals surface area contributed by atoms with Crippen molar-refractivity contribution in [2.45, 2.75) is 12.5 Å². The van der Waals surface area contributed by atoms with E-state index < -0.39 is 6.04 Å². The molecule has 0 spiro atoms. The summed E-state index contributed by atoms with van der Waals surface area (Å²) in [6, 6.07) is 10.4. The first kappa shape index (κ1) is 14.8. The summed E-state index contributed by atoms with van der Waals surface area (Å²) in [6.45, 7) is 1.13. The molecule has 1 N–H and O–H groups in total. The predicted molar refractivity (Wildman–Crippen MR) is 82.5 cm³/mol. The zero-order chi connectivity index (χ0) is 15.5. The zero-order valence-corrected chi connectivity index (χ0v) is 12.5. The topological polar surface area (TPSA) is 75.0 Å². The van der Waals surface area contributed by atoms with E-state index in [9.17, 15) is 10.1 Å². The molecule has 1 amide bonds. The van der Waals surface area contributed by atoms with Gasteiger partial charge in [-0.2, -0.15) is 5.26 Å². The van der Waals surface area contributed by atoms with Gasteiger partial charge in [-0.15, -0.1) is 0 Å². The number of nitrogens with zero attached hydrogens (tertiary/aromatic N) is 2. The highest BCUT2D eigenvalue weighted by atomic mass is 35.5. The Kier molecular flexibility index (Phi) is 4.23. The number of hydrogen-bond acceptors (Lipinski definition) is 4. The number of nitriles is 1. The van der Waals surface area contributed by atoms with Crippen molar-refractivity contribution in [3.05, 3.63) is 41.0 Å². The second-order valence-electron chi connectivity index (χ2n) is 5.24. The molecule has 1 saturated heterocycles. The van der Waals surface area contributed by atoms with Crippen molar-refractivity contribution in [1.82, 2.24) is 10.3 Å². The number of rotatable bonds is 3. The van der Waals surface area contributed by atoms with E-state index in [4.69, 9.17) is 16.3 Å². The van der Waals surface area contributed by atoms with Crippen LogP contribution in [0.25, 0.3) is 10.9 Å². The van der Waals surface area contributed by atoms with E-state index >= 15 is 0 Å². The molecule has 2 heterocycles. The molecule has 1 fully saturated rings. The van der Waals surface area contributed by atoms with Crippen LogP contribution >= 0.6 is 11.6 Å². The summed E-state index contributed by atoms with van der Waals surface area (Å²) < 4.78 is 5.27. The highest BCUT2D eigenvalue weighted by Crippen LogP contribution is 2.19. The van der Waals surface area contributed by atoms with Crippen LogP contribution in [0.2, 0.25) is 5.02 Å². The normalized spacial score (nSPS) is 18.8. The Bertz CT molecular complexity index is 751. The van der Waals surface area contributed by atoms with Gasteiger partial charge in [0.05, 0.1) is 18.2 Å². The molecule has 0 radical (unpaired) electrons. The molecule has 0 saturated carbocycles. The second kappa shape index (κ2) is 6.30. The maximum atomic E-state index is 12.3. The Balaban J connectivity index is 1.80. The smallest absolute Gasteiger partial charge is 0.270 e. The van der Waals surface area contributed by atoms with Gasteiger partial charge in [0.25, 0.3) is 5.91 Å². The number of amides is 1.